The molecular formula is C18H20ClN3O. The minimum Gasteiger partial charge on any atom is -1.00 e. The minimum atomic E-state index is 0. The van der Waals surface area contributed by atoms with Gasteiger partial charge >= 0.3 is 0 Å². The normalized spacial score (nSPS) is 11.3. The van der Waals surface area contributed by atoms with Crippen LogP contribution in [0.25, 0.3) is 10.8 Å². The van der Waals surface area contributed by atoms with Crippen LogP contribution in [0, 0.1) is 0 Å². The van der Waals surface area contributed by atoms with Gasteiger partial charge in [-0.15, -0.1) is 0 Å². The Morgan fingerprint density at radius 2 is 2.00 bits per heavy atom. The zero-order valence-electron chi connectivity index (χ0n) is 13.1. The Bertz CT molecular complexity index is 769. The molecule has 0 spiro atoms. The summed E-state index contributed by atoms with van der Waals surface area (Å²) >= 11 is 0. The molecule has 0 fully saturated rings. The van der Waals surface area contributed by atoms with Gasteiger partial charge in [0.05, 0.1) is 0 Å². The van der Waals surface area contributed by atoms with Crippen LogP contribution in [0.1, 0.15) is 18.9 Å². The number of oxime groups is 1. The summed E-state index contributed by atoms with van der Waals surface area (Å²) in [5, 5.41) is 6.79. The molecule has 1 heterocycles. The first-order valence-corrected chi connectivity index (χ1v) is 7.56. The molecule has 4 nitrogen and oxygen atoms in total. The highest BCUT2D eigenvalue weighted by Crippen LogP contribution is 2.16. The summed E-state index contributed by atoms with van der Waals surface area (Å²) in [7, 11) is 0. The van der Waals surface area contributed by atoms with Gasteiger partial charge in [0, 0.05) is 5.56 Å². The van der Waals surface area contributed by atoms with Gasteiger partial charge in [0.15, 0.2) is 0 Å². The summed E-state index contributed by atoms with van der Waals surface area (Å²) in [6.07, 6.45) is 6.74. The second kappa shape index (κ2) is 8.34. The molecular weight excluding hydrogens is 310 g/mol. The van der Waals surface area contributed by atoms with Crippen LogP contribution in [0.4, 0.5) is 0 Å². The Balaban J connectivity index is 0.00000192. The molecule has 0 saturated heterocycles. The van der Waals surface area contributed by atoms with E-state index in [1.54, 1.807) is 0 Å². The Hall–Kier alpha value is -2.33. The lowest BCUT2D eigenvalue weighted by Crippen LogP contribution is -3.00. The van der Waals surface area contributed by atoms with Crippen LogP contribution in [0.3, 0.4) is 0 Å². The molecule has 0 amide bonds. The highest BCUT2D eigenvalue weighted by atomic mass is 35.5. The predicted octanol–water partition coefficient (Wildman–Crippen LogP) is 0.290. The third-order valence-electron chi connectivity index (χ3n) is 3.49. The van der Waals surface area contributed by atoms with Crippen LogP contribution < -0.4 is 17.0 Å². The average Bonchev–Trinajstić information content (AvgIpc) is 3.07. The smallest absolute Gasteiger partial charge is 0.241 e. The molecule has 0 unspecified atom stereocenters. The first kappa shape index (κ1) is 17.0. The van der Waals surface area contributed by atoms with E-state index in [-0.39, 0.29) is 12.4 Å². The first-order chi connectivity index (χ1) is 10.9. The van der Waals surface area contributed by atoms with Gasteiger partial charge in [0.1, 0.15) is 31.3 Å². The van der Waals surface area contributed by atoms with Gasteiger partial charge in [0.25, 0.3) is 0 Å². The fourth-order valence-electron chi connectivity index (χ4n) is 2.35. The number of imidazole rings is 1. The van der Waals surface area contributed by atoms with Gasteiger partial charge in [-0.1, -0.05) is 48.5 Å². The van der Waals surface area contributed by atoms with Crippen molar-refractivity contribution in [3.8, 4) is 0 Å². The monoisotopic (exact) mass is 329 g/mol. The fourth-order valence-corrected chi connectivity index (χ4v) is 2.35. The molecule has 5 heteroatoms. The van der Waals surface area contributed by atoms with E-state index >= 15 is 0 Å². The molecule has 0 aliphatic rings. The average molecular weight is 330 g/mol. The van der Waals surface area contributed by atoms with Gasteiger partial charge < -0.3 is 17.2 Å². The Kier molecular flexibility index (Phi) is 6.18. The maximum atomic E-state index is 5.42. The summed E-state index contributed by atoms with van der Waals surface area (Å²) in [5.41, 5.74) is 2.01. The number of aromatic amines is 1. The van der Waals surface area contributed by atoms with E-state index in [0.29, 0.717) is 13.2 Å². The summed E-state index contributed by atoms with van der Waals surface area (Å²) < 4.78 is 2.04. The highest BCUT2D eigenvalue weighted by molar-refractivity contribution is 6.02. The number of H-pyrrole nitrogens is 1. The van der Waals surface area contributed by atoms with Crippen molar-refractivity contribution in [3.05, 3.63) is 66.7 Å². The number of nitrogens with one attached hydrogen (secondary N) is 1. The molecule has 1 N–H and O–H groups in total. The van der Waals surface area contributed by atoms with Gasteiger partial charge in [-0.05, 0) is 23.3 Å². The van der Waals surface area contributed by atoms with Crippen LogP contribution >= 0.6 is 0 Å². The van der Waals surface area contributed by atoms with Crippen LogP contribution in [-0.4, -0.2) is 17.3 Å². The van der Waals surface area contributed by atoms with Gasteiger partial charge in [0.2, 0.25) is 6.33 Å². The summed E-state index contributed by atoms with van der Waals surface area (Å²) in [5.74, 6) is 0. The molecule has 23 heavy (non-hydrogen) atoms. The van der Waals surface area contributed by atoms with Crippen LogP contribution in [-0.2, 0) is 11.4 Å². The van der Waals surface area contributed by atoms with Crippen molar-refractivity contribution in [1.82, 2.24) is 4.98 Å². The van der Waals surface area contributed by atoms with E-state index in [0.717, 1.165) is 17.7 Å². The van der Waals surface area contributed by atoms with E-state index in [2.05, 4.69) is 59.5 Å². The van der Waals surface area contributed by atoms with Gasteiger partial charge in [-0.25, -0.2) is 4.57 Å². The Morgan fingerprint density at radius 3 is 2.74 bits per heavy atom. The van der Waals surface area contributed by atoms with Crippen molar-refractivity contribution in [3.63, 3.8) is 0 Å². The minimum absolute atomic E-state index is 0. The van der Waals surface area contributed by atoms with Crippen LogP contribution in [0.5, 0.6) is 0 Å². The topological polar surface area (TPSA) is 41.3 Å². The zero-order chi connectivity index (χ0) is 15.2. The second-order valence-electron chi connectivity index (χ2n) is 5.22. The molecule has 120 valence electrons. The van der Waals surface area contributed by atoms with E-state index in [9.17, 15) is 0 Å². The molecule has 2 aromatic carbocycles. The van der Waals surface area contributed by atoms with Crippen molar-refractivity contribution in [2.45, 2.75) is 19.9 Å². The third kappa shape index (κ3) is 4.33. The van der Waals surface area contributed by atoms with Crippen molar-refractivity contribution in [2.24, 2.45) is 5.16 Å². The number of aromatic nitrogens is 2. The summed E-state index contributed by atoms with van der Waals surface area (Å²) in [6.45, 7) is 3.38. The Morgan fingerprint density at radius 1 is 1.17 bits per heavy atom. The van der Waals surface area contributed by atoms with Crippen molar-refractivity contribution in [1.29, 1.82) is 0 Å². The number of fused-ring (bicyclic) bond motifs is 1. The quantitative estimate of drug-likeness (QED) is 0.300. The molecule has 0 saturated carbocycles. The highest BCUT2D eigenvalue weighted by Gasteiger charge is 2.10. The summed E-state index contributed by atoms with van der Waals surface area (Å²) in [4.78, 5) is 8.48. The Labute approximate surface area is 142 Å². The van der Waals surface area contributed by atoms with E-state index in [4.69, 9.17) is 4.84 Å². The van der Waals surface area contributed by atoms with Gasteiger partial charge in [-0.3, -0.25) is 4.98 Å². The molecule has 3 aromatic rings. The van der Waals surface area contributed by atoms with E-state index in [1.165, 1.54) is 10.8 Å². The molecule has 0 aliphatic carbocycles. The van der Waals surface area contributed by atoms with Crippen molar-refractivity contribution in [2.75, 3.05) is 6.61 Å². The SMILES string of the molecule is CCCO/N=C(\C[n+]1cc[nH]c1)c1ccc2ccccc2c1.[Cl-]. The van der Waals surface area contributed by atoms with Crippen molar-refractivity contribution < 1.29 is 21.8 Å². The second-order valence-corrected chi connectivity index (χ2v) is 5.22. The molecule has 0 aliphatic heterocycles. The largest absolute Gasteiger partial charge is 1.00 e. The summed E-state index contributed by atoms with van der Waals surface area (Å²) in [6, 6.07) is 14.7. The molecule has 3 rings (SSSR count). The van der Waals surface area contributed by atoms with Crippen molar-refractivity contribution >= 4 is 16.5 Å². The van der Waals surface area contributed by atoms with E-state index < -0.39 is 0 Å². The molecule has 1 aromatic heterocycles. The van der Waals surface area contributed by atoms with Crippen LogP contribution in [0.2, 0.25) is 0 Å². The maximum Gasteiger partial charge on any atom is 0.241 e. The lowest BCUT2D eigenvalue weighted by Gasteiger charge is -2.07. The van der Waals surface area contributed by atoms with Crippen LogP contribution in [0.15, 0.2) is 66.3 Å². The first-order valence-electron chi connectivity index (χ1n) is 7.56. The third-order valence-corrected chi connectivity index (χ3v) is 3.49. The fraction of sp³-hybridized carbons (Fsp3) is 0.222. The standard InChI is InChI=1S/C18H19N3O.ClH/c1-2-11-22-20-18(13-21-10-9-19-14-21)17-8-7-15-5-3-4-6-16(15)12-17;/h3-10,12,14H,2,11,13H2,1H3;1H/b20-18+;. The predicted molar refractivity (Wildman–Crippen MR) is 87.7 cm³/mol. The lowest BCUT2D eigenvalue weighted by molar-refractivity contribution is -0.680. The van der Waals surface area contributed by atoms with Gasteiger partial charge in [-0.2, -0.15) is 0 Å². The molecule has 0 atom stereocenters. The number of hydrogen-bond donors (Lipinski definition) is 1. The lowest BCUT2D eigenvalue weighted by atomic mass is 10.0. The number of halogens is 1. The number of nitrogens with zero attached hydrogens (tertiary/aromatic N) is 2. The number of benzene rings is 2. The molecule has 0 radical (unpaired) electrons. The molecule has 0 bridgehead atoms. The number of hydrogen-bond acceptors (Lipinski definition) is 2. The zero-order valence-corrected chi connectivity index (χ0v) is 13.8. The van der Waals surface area contributed by atoms with E-state index in [1.807, 2.05) is 23.3 Å². The number of rotatable bonds is 6. The maximum absolute atomic E-state index is 5.42.